The molecular weight excluding hydrogens is 128 g/mol. The number of hydrogen-bond donors (Lipinski definition) is 1. The fourth-order valence-electron chi connectivity index (χ4n) is 1.06. The summed E-state index contributed by atoms with van der Waals surface area (Å²) in [6.45, 7) is 0. The maximum Gasteiger partial charge on any atom is 0.106 e. The summed E-state index contributed by atoms with van der Waals surface area (Å²) < 4.78 is 5.09. The molecule has 10 heavy (non-hydrogen) atoms. The number of aliphatic hydroxyl groups is 1. The lowest BCUT2D eigenvalue weighted by molar-refractivity contribution is 0.143. The first-order chi connectivity index (χ1) is 4.79. The maximum absolute atomic E-state index is 9.44. The molecule has 2 rings (SSSR count). The zero-order valence-corrected chi connectivity index (χ0v) is 5.71. The van der Waals surface area contributed by atoms with Crippen molar-refractivity contribution in [1.82, 2.24) is 0 Å². The third-order valence-electron chi connectivity index (χ3n) is 1.91. The quantitative estimate of drug-likeness (QED) is 0.669. The number of furan rings is 1. The van der Waals surface area contributed by atoms with E-state index in [9.17, 15) is 5.11 Å². The van der Waals surface area contributed by atoms with Crippen LogP contribution in [-0.2, 0) is 6.42 Å². The topological polar surface area (TPSA) is 33.4 Å². The molecule has 1 N–H and O–H groups in total. The van der Waals surface area contributed by atoms with E-state index in [2.05, 4.69) is 0 Å². The van der Waals surface area contributed by atoms with Gasteiger partial charge in [-0.05, 0) is 25.0 Å². The molecule has 1 fully saturated rings. The smallest absolute Gasteiger partial charge is 0.106 e. The van der Waals surface area contributed by atoms with Crippen LogP contribution in [0.25, 0.3) is 0 Å². The summed E-state index contributed by atoms with van der Waals surface area (Å²) >= 11 is 0. The Morgan fingerprint density at radius 2 is 2.40 bits per heavy atom. The molecule has 0 amide bonds. The largest absolute Gasteiger partial charge is 0.469 e. The fourth-order valence-corrected chi connectivity index (χ4v) is 1.06. The van der Waals surface area contributed by atoms with Gasteiger partial charge in [0.1, 0.15) is 5.76 Å². The van der Waals surface area contributed by atoms with E-state index in [1.54, 1.807) is 6.26 Å². The summed E-state index contributed by atoms with van der Waals surface area (Å²) in [5.41, 5.74) is -0.419. The van der Waals surface area contributed by atoms with Crippen LogP contribution in [0, 0.1) is 0 Å². The van der Waals surface area contributed by atoms with E-state index in [4.69, 9.17) is 4.42 Å². The Labute approximate surface area is 59.5 Å². The summed E-state index contributed by atoms with van der Waals surface area (Å²) in [6, 6.07) is 3.75. The molecule has 1 aromatic heterocycles. The van der Waals surface area contributed by atoms with Crippen LogP contribution < -0.4 is 0 Å². The second kappa shape index (κ2) is 1.86. The zero-order valence-electron chi connectivity index (χ0n) is 5.71. The molecule has 2 nitrogen and oxygen atoms in total. The van der Waals surface area contributed by atoms with E-state index in [-0.39, 0.29) is 0 Å². The highest BCUT2D eigenvalue weighted by atomic mass is 16.3. The van der Waals surface area contributed by atoms with Gasteiger partial charge in [-0.15, -0.1) is 0 Å². The second-order valence-electron chi connectivity index (χ2n) is 2.98. The van der Waals surface area contributed by atoms with Gasteiger partial charge in [-0.2, -0.15) is 0 Å². The lowest BCUT2D eigenvalue weighted by Crippen LogP contribution is -2.09. The van der Waals surface area contributed by atoms with Gasteiger partial charge in [0, 0.05) is 6.42 Å². The Bertz CT molecular complexity index is 209. The molecule has 1 saturated carbocycles. The molecular formula is C8H10O2. The van der Waals surface area contributed by atoms with E-state index in [0.717, 1.165) is 18.6 Å². The highest BCUT2D eigenvalue weighted by Gasteiger charge is 2.40. The highest BCUT2D eigenvalue weighted by Crippen LogP contribution is 2.38. The lowest BCUT2D eigenvalue weighted by atomic mass is 10.2. The van der Waals surface area contributed by atoms with Crippen LogP contribution in [0.5, 0.6) is 0 Å². The minimum absolute atomic E-state index is 0.419. The van der Waals surface area contributed by atoms with Crippen molar-refractivity contribution in [3.8, 4) is 0 Å². The molecule has 1 aliphatic carbocycles. The van der Waals surface area contributed by atoms with E-state index in [0.29, 0.717) is 6.42 Å². The standard InChI is InChI=1S/C8H10O2/c9-8(3-4-8)6-7-2-1-5-10-7/h1-2,5,9H,3-4,6H2. The zero-order chi connectivity index (χ0) is 7.03. The van der Waals surface area contributed by atoms with Crippen molar-refractivity contribution in [3.63, 3.8) is 0 Å². The van der Waals surface area contributed by atoms with E-state index >= 15 is 0 Å². The molecule has 0 unspecified atom stereocenters. The number of rotatable bonds is 2. The van der Waals surface area contributed by atoms with Gasteiger partial charge in [-0.25, -0.2) is 0 Å². The molecule has 2 heteroatoms. The molecule has 0 aliphatic heterocycles. The van der Waals surface area contributed by atoms with Crippen molar-refractivity contribution < 1.29 is 9.52 Å². The third kappa shape index (κ3) is 1.07. The third-order valence-corrected chi connectivity index (χ3v) is 1.91. The SMILES string of the molecule is OC1(Cc2ccco2)CC1. The molecule has 0 bridgehead atoms. The minimum atomic E-state index is -0.419. The molecule has 0 saturated heterocycles. The molecule has 0 aromatic carbocycles. The van der Waals surface area contributed by atoms with Crippen LogP contribution in [0.1, 0.15) is 18.6 Å². The van der Waals surface area contributed by atoms with Crippen LogP contribution in [0.2, 0.25) is 0 Å². The summed E-state index contributed by atoms with van der Waals surface area (Å²) in [5, 5.41) is 9.44. The van der Waals surface area contributed by atoms with Crippen LogP contribution in [-0.4, -0.2) is 10.7 Å². The molecule has 1 aliphatic rings. The van der Waals surface area contributed by atoms with Gasteiger partial charge in [0.2, 0.25) is 0 Å². The van der Waals surface area contributed by atoms with Crippen LogP contribution in [0.3, 0.4) is 0 Å². The Morgan fingerprint density at radius 3 is 2.90 bits per heavy atom. The average molecular weight is 138 g/mol. The normalized spacial score (nSPS) is 20.9. The molecule has 0 spiro atoms. The Kier molecular flexibility index (Phi) is 1.11. The summed E-state index contributed by atoms with van der Waals surface area (Å²) in [7, 11) is 0. The van der Waals surface area contributed by atoms with Crippen molar-refractivity contribution in [2.75, 3.05) is 0 Å². The lowest BCUT2D eigenvalue weighted by Gasteiger charge is -2.01. The predicted octanol–water partition coefficient (Wildman–Crippen LogP) is 1.35. The van der Waals surface area contributed by atoms with Gasteiger partial charge in [-0.3, -0.25) is 0 Å². The highest BCUT2D eigenvalue weighted by molar-refractivity contribution is 5.07. The summed E-state index contributed by atoms with van der Waals surface area (Å²) in [4.78, 5) is 0. The monoisotopic (exact) mass is 138 g/mol. The van der Waals surface area contributed by atoms with Crippen molar-refractivity contribution >= 4 is 0 Å². The summed E-state index contributed by atoms with van der Waals surface area (Å²) in [5.74, 6) is 0.889. The van der Waals surface area contributed by atoms with Gasteiger partial charge in [-0.1, -0.05) is 0 Å². The van der Waals surface area contributed by atoms with Crippen LogP contribution in [0.15, 0.2) is 22.8 Å². The van der Waals surface area contributed by atoms with Crippen molar-refractivity contribution in [3.05, 3.63) is 24.2 Å². The summed E-state index contributed by atoms with van der Waals surface area (Å²) in [6.07, 6.45) is 4.17. The molecule has 0 atom stereocenters. The molecule has 1 heterocycles. The Balaban J connectivity index is 2.04. The number of hydrogen-bond acceptors (Lipinski definition) is 2. The van der Waals surface area contributed by atoms with Crippen LogP contribution in [0.4, 0.5) is 0 Å². The van der Waals surface area contributed by atoms with Gasteiger partial charge < -0.3 is 9.52 Å². The van der Waals surface area contributed by atoms with E-state index in [1.807, 2.05) is 12.1 Å². The minimum Gasteiger partial charge on any atom is -0.469 e. The fraction of sp³-hybridized carbons (Fsp3) is 0.500. The van der Waals surface area contributed by atoms with E-state index in [1.165, 1.54) is 0 Å². The van der Waals surface area contributed by atoms with Crippen molar-refractivity contribution in [2.45, 2.75) is 24.9 Å². The van der Waals surface area contributed by atoms with Gasteiger partial charge in [0.25, 0.3) is 0 Å². The first-order valence-corrected chi connectivity index (χ1v) is 3.53. The molecule has 0 radical (unpaired) electrons. The maximum atomic E-state index is 9.44. The first-order valence-electron chi connectivity index (χ1n) is 3.53. The van der Waals surface area contributed by atoms with Crippen LogP contribution >= 0.6 is 0 Å². The van der Waals surface area contributed by atoms with Gasteiger partial charge in [0.05, 0.1) is 11.9 Å². The molecule has 54 valence electrons. The van der Waals surface area contributed by atoms with Crippen molar-refractivity contribution in [1.29, 1.82) is 0 Å². The Morgan fingerprint density at radius 1 is 1.60 bits per heavy atom. The first kappa shape index (κ1) is 5.98. The molecule has 1 aromatic rings. The second-order valence-corrected chi connectivity index (χ2v) is 2.98. The predicted molar refractivity (Wildman–Crippen MR) is 36.6 cm³/mol. The van der Waals surface area contributed by atoms with Gasteiger partial charge >= 0.3 is 0 Å². The van der Waals surface area contributed by atoms with Gasteiger partial charge in [0.15, 0.2) is 0 Å². The Hall–Kier alpha value is -0.760. The van der Waals surface area contributed by atoms with Crippen molar-refractivity contribution in [2.24, 2.45) is 0 Å². The van der Waals surface area contributed by atoms with E-state index < -0.39 is 5.60 Å². The average Bonchev–Trinajstić information content (AvgIpc) is 2.47.